The Kier molecular flexibility index (Phi) is 5.55. The molecule has 0 amide bonds. The molecule has 0 spiro atoms. The van der Waals surface area contributed by atoms with E-state index in [1.165, 1.54) is 23.4 Å². The highest BCUT2D eigenvalue weighted by molar-refractivity contribution is 7.92. The lowest BCUT2D eigenvalue weighted by Crippen LogP contribution is -2.32. The molecule has 2 aromatic carbocycles. The van der Waals surface area contributed by atoms with Crippen molar-refractivity contribution >= 4 is 21.5 Å². The number of carbonyl (C=O) groups is 1. The zero-order valence-electron chi connectivity index (χ0n) is 13.4. The van der Waals surface area contributed by atoms with Gasteiger partial charge in [0.1, 0.15) is 0 Å². The Labute approximate surface area is 137 Å². The van der Waals surface area contributed by atoms with Crippen molar-refractivity contribution in [2.45, 2.75) is 31.6 Å². The van der Waals surface area contributed by atoms with Crippen LogP contribution in [0.1, 0.15) is 37.0 Å². The Hall–Kier alpha value is -2.14. The number of nitrogens with zero attached hydrogens (tertiary/aromatic N) is 1. The lowest BCUT2D eigenvalue weighted by Gasteiger charge is -2.24. The topological polar surface area (TPSA) is 54.5 Å². The van der Waals surface area contributed by atoms with E-state index >= 15 is 0 Å². The summed E-state index contributed by atoms with van der Waals surface area (Å²) < 4.78 is 27.5. The minimum absolute atomic E-state index is 0.144. The summed E-state index contributed by atoms with van der Waals surface area (Å²) in [5.41, 5.74) is 1.03. The van der Waals surface area contributed by atoms with E-state index in [1.54, 1.807) is 24.3 Å². The molecule has 0 aliphatic rings. The molecule has 5 heteroatoms. The van der Waals surface area contributed by atoms with Crippen molar-refractivity contribution in [3.05, 3.63) is 60.2 Å². The number of hydrogen-bond donors (Lipinski definition) is 0. The fraction of sp³-hybridized carbons (Fsp3) is 0.278. The molecule has 0 aliphatic heterocycles. The Balaban J connectivity index is 2.48. The van der Waals surface area contributed by atoms with Gasteiger partial charge in [-0.25, -0.2) is 8.42 Å². The predicted octanol–water partition coefficient (Wildman–Crippen LogP) is 3.88. The molecule has 0 N–H and O–H groups in total. The summed E-state index contributed by atoms with van der Waals surface area (Å²) >= 11 is 0. The first-order valence-electron chi connectivity index (χ1n) is 7.65. The highest BCUT2D eigenvalue weighted by Gasteiger charge is 2.24. The minimum atomic E-state index is -3.70. The van der Waals surface area contributed by atoms with E-state index in [0.29, 0.717) is 17.8 Å². The third kappa shape index (κ3) is 3.99. The number of carbonyl (C=O) groups excluding carboxylic acids is 1. The molecule has 0 heterocycles. The van der Waals surface area contributed by atoms with E-state index in [1.807, 2.05) is 25.1 Å². The molecule has 0 saturated carbocycles. The van der Waals surface area contributed by atoms with Crippen molar-refractivity contribution in [1.82, 2.24) is 0 Å². The predicted molar refractivity (Wildman–Crippen MR) is 92.3 cm³/mol. The molecule has 0 radical (unpaired) electrons. The van der Waals surface area contributed by atoms with E-state index in [4.69, 9.17) is 0 Å². The molecule has 0 unspecified atom stereocenters. The summed E-state index contributed by atoms with van der Waals surface area (Å²) in [5, 5.41) is 0. The van der Waals surface area contributed by atoms with Gasteiger partial charge in [-0.15, -0.1) is 0 Å². The zero-order chi connectivity index (χ0) is 16.9. The van der Waals surface area contributed by atoms with Gasteiger partial charge in [0.25, 0.3) is 10.0 Å². The van der Waals surface area contributed by atoms with Gasteiger partial charge < -0.3 is 0 Å². The van der Waals surface area contributed by atoms with E-state index in [0.717, 1.165) is 12.8 Å². The molecule has 0 saturated heterocycles. The Morgan fingerprint density at radius 2 is 1.74 bits per heavy atom. The van der Waals surface area contributed by atoms with E-state index < -0.39 is 10.0 Å². The number of rotatable bonds is 7. The van der Waals surface area contributed by atoms with Gasteiger partial charge in [-0.2, -0.15) is 0 Å². The van der Waals surface area contributed by atoms with Gasteiger partial charge in [-0.05, 0) is 37.6 Å². The van der Waals surface area contributed by atoms with Crippen molar-refractivity contribution < 1.29 is 13.2 Å². The van der Waals surface area contributed by atoms with Crippen LogP contribution in [-0.2, 0) is 10.0 Å². The van der Waals surface area contributed by atoms with Gasteiger partial charge in [0.15, 0.2) is 5.78 Å². The molecule has 0 atom stereocenters. The van der Waals surface area contributed by atoms with E-state index in [-0.39, 0.29) is 10.7 Å². The van der Waals surface area contributed by atoms with Crippen molar-refractivity contribution in [3.8, 4) is 0 Å². The van der Waals surface area contributed by atoms with Crippen LogP contribution in [0.5, 0.6) is 0 Å². The van der Waals surface area contributed by atoms with Crippen LogP contribution >= 0.6 is 0 Å². The first-order chi connectivity index (χ1) is 11.0. The summed E-state index contributed by atoms with van der Waals surface area (Å²) in [6, 6.07) is 15.2. The molecule has 4 nitrogen and oxygen atoms in total. The normalized spacial score (nSPS) is 11.2. The fourth-order valence-corrected chi connectivity index (χ4v) is 3.84. The minimum Gasteiger partial charge on any atom is -0.295 e. The molecular weight excluding hydrogens is 310 g/mol. The van der Waals surface area contributed by atoms with Crippen molar-refractivity contribution in [2.24, 2.45) is 0 Å². The first kappa shape index (κ1) is 17.2. The van der Waals surface area contributed by atoms with Gasteiger partial charge in [0, 0.05) is 12.1 Å². The second kappa shape index (κ2) is 7.42. The van der Waals surface area contributed by atoms with Gasteiger partial charge >= 0.3 is 0 Å². The number of Topliss-reactive ketones (excluding diaryl/α,β-unsaturated/α-hetero) is 1. The van der Waals surface area contributed by atoms with Crippen LogP contribution in [0.4, 0.5) is 5.69 Å². The average Bonchev–Trinajstić information content (AvgIpc) is 2.56. The molecule has 2 rings (SSSR count). The number of para-hydroxylation sites is 1. The Bertz CT molecular complexity index is 770. The monoisotopic (exact) mass is 331 g/mol. The average molecular weight is 331 g/mol. The third-order valence-corrected chi connectivity index (χ3v) is 5.41. The molecule has 2 aromatic rings. The number of benzene rings is 2. The maximum atomic E-state index is 13.0. The maximum Gasteiger partial charge on any atom is 0.264 e. The maximum absolute atomic E-state index is 13.0. The van der Waals surface area contributed by atoms with Crippen LogP contribution in [0.15, 0.2) is 59.5 Å². The van der Waals surface area contributed by atoms with E-state index in [2.05, 4.69) is 0 Å². The van der Waals surface area contributed by atoms with Crippen LogP contribution in [0.25, 0.3) is 0 Å². The van der Waals surface area contributed by atoms with Crippen molar-refractivity contribution in [1.29, 1.82) is 0 Å². The highest BCUT2D eigenvalue weighted by Crippen LogP contribution is 2.24. The summed E-state index contributed by atoms with van der Waals surface area (Å²) in [6.07, 6.45) is 1.66. The smallest absolute Gasteiger partial charge is 0.264 e. The molecule has 0 bridgehead atoms. The summed E-state index contributed by atoms with van der Waals surface area (Å²) in [5.74, 6) is -0.151. The Morgan fingerprint density at radius 3 is 2.35 bits per heavy atom. The van der Waals surface area contributed by atoms with Crippen LogP contribution < -0.4 is 4.31 Å². The second-order valence-electron chi connectivity index (χ2n) is 5.35. The van der Waals surface area contributed by atoms with E-state index in [9.17, 15) is 13.2 Å². The van der Waals surface area contributed by atoms with Crippen LogP contribution in [-0.4, -0.2) is 20.7 Å². The molecular formula is C18H21NO3S. The summed E-state index contributed by atoms with van der Waals surface area (Å²) in [7, 11) is -3.70. The van der Waals surface area contributed by atoms with Crippen LogP contribution in [0.3, 0.4) is 0 Å². The lowest BCUT2D eigenvalue weighted by molar-refractivity contribution is 0.101. The highest BCUT2D eigenvalue weighted by atomic mass is 32.2. The molecule has 23 heavy (non-hydrogen) atoms. The van der Waals surface area contributed by atoms with Gasteiger partial charge in [0.05, 0.1) is 10.6 Å². The molecule has 0 fully saturated rings. The third-order valence-electron chi connectivity index (χ3n) is 3.59. The molecule has 122 valence electrons. The molecule has 0 aliphatic carbocycles. The zero-order valence-corrected chi connectivity index (χ0v) is 14.2. The van der Waals surface area contributed by atoms with Gasteiger partial charge in [0.2, 0.25) is 0 Å². The van der Waals surface area contributed by atoms with Gasteiger partial charge in [-0.1, -0.05) is 43.7 Å². The largest absolute Gasteiger partial charge is 0.295 e. The number of sulfonamides is 1. The number of anilines is 1. The van der Waals surface area contributed by atoms with Crippen LogP contribution in [0.2, 0.25) is 0 Å². The van der Waals surface area contributed by atoms with Crippen LogP contribution in [0, 0.1) is 0 Å². The first-order valence-corrected chi connectivity index (χ1v) is 9.09. The second-order valence-corrected chi connectivity index (χ2v) is 7.21. The fourth-order valence-electron chi connectivity index (χ4n) is 2.29. The lowest BCUT2D eigenvalue weighted by atomic mass is 10.2. The quantitative estimate of drug-likeness (QED) is 0.723. The number of unbranched alkanes of at least 4 members (excludes halogenated alkanes) is 1. The molecule has 0 aromatic heterocycles. The Morgan fingerprint density at radius 1 is 1.04 bits per heavy atom. The summed E-state index contributed by atoms with van der Waals surface area (Å²) in [4.78, 5) is 11.7. The van der Waals surface area contributed by atoms with Gasteiger partial charge in [-0.3, -0.25) is 9.10 Å². The number of hydrogen-bond acceptors (Lipinski definition) is 3. The van der Waals surface area contributed by atoms with Crippen molar-refractivity contribution in [2.75, 3.05) is 10.8 Å². The number of ketones is 1. The van der Waals surface area contributed by atoms with Crippen molar-refractivity contribution in [3.63, 3.8) is 0 Å². The summed E-state index contributed by atoms with van der Waals surface area (Å²) in [6.45, 7) is 3.86. The SMILES string of the molecule is CCCCN(c1ccccc1)S(=O)(=O)c1cccc(C(C)=O)c1. The standard InChI is InChI=1S/C18H21NO3S/c1-3-4-13-19(17-10-6-5-7-11-17)23(21,22)18-12-8-9-16(14-18)15(2)20/h5-12,14H,3-4,13H2,1-2H3.